The Morgan fingerprint density at radius 2 is 1.64 bits per heavy atom. The lowest BCUT2D eigenvalue weighted by Crippen LogP contribution is -2.51. The highest BCUT2D eigenvalue weighted by molar-refractivity contribution is 5.77. The average Bonchev–Trinajstić information content (AvgIpc) is 2.84. The highest BCUT2D eigenvalue weighted by Gasteiger charge is 2.27. The molecule has 0 radical (unpaired) electrons. The van der Waals surface area contributed by atoms with Gasteiger partial charge < -0.3 is 14.5 Å². The summed E-state index contributed by atoms with van der Waals surface area (Å²) in [6.45, 7) is 17.1. The van der Waals surface area contributed by atoms with E-state index in [1.807, 2.05) is 32.6 Å². The number of nitrogens with zero attached hydrogens (tertiary/aromatic N) is 4. The van der Waals surface area contributed by atoms with Crippen LogP contribution in [0.15, 0.2) is 0 Å². The van der Waals surface area contributed by atoms with Crippen LogP contribution in [0.25, 0.3) is 0 Å². The lowest BCUT2D eigenvalue weighted by Gasteiger charge is -2.35. The maximum absolute atomic E-state index is 12.6. The smallest absolute Gasteiger partial charge is 0.410 e. The van der Waals surface area contributed by atoms with Crippen molar-refractivity contribution in [3.05, 3.63) is 17.0 Å². The fraction of sp³-hybridized carbons (Fsp3) is 0.762. The third-order valence-corrected chi connectivity index (χ3v) is 4.94. The first kappa shape index (κ1) is 22.2. The van der Waals surface area contributed by atoms with Crippen LogP contribution in [0, 0.1) is 19.8 Å². The molecular weight excluding hydrogens is 356 g/mol. The molecule has 1 saturated heterocycles. The molecule has 2 amide bonds. The molecule has 0 N–H and O–H groups in total. The minimum atomic E-state index is -0.500. The number of hydrogen-bond donors (Lipinski definition) is 0. The summed E-state index contributed by atoms with van der Waals surface area (Å²) in [5.41, 5.74) is 2.86. The second-order valence-electron chi connectivity index (χ2n) is 9.07. The third-order valence-electron chi connectivity index (χ3n) is 4.94. The number of aromatic nitrogens is 2. The maximum atomic E-state index is 12.6. The molecule has 28 heavy (non-hydrogen) atoms. The van der Waals surface area contributed by atoms with Crippen molar-refractivity contribution in [1.29, 1.82) is 0 Å². The maximum Gasteiger partial charge on any atom is 0.410 e. The van der Waals surface area contributed by atoms with Crippen molar-refractivity contribution in [2.45, 2.75) is 73.5 Å². The Kier molecular flexibility index (Phi) is 7.12. The van der Waals surface area contributed by atoms with Crippen molar-refractivity contribution < 1.29 is 14.3 Å². The molecule has 1 aromatic rings. The van der Waals surface area contributed by atoms with Gasteiger partial charge in [-0.1, -0.05) is 13.8 Å². The molecule has 0 bridgehead atoms. The van der Waals surface area contributed by atoms with Gasteiger partial charge in [-0.05, 0) is 52.5 Å². The quantitative estimate of drug-likeness (QED) is 0.772. The van der Waals surface area contributed by atoms with E-state index < -0.39 is 5.60 Å². The van der Waals surface area contributed by atoms with Crippen molar-refractivity contribution in [3.8, 4) is 0 Å². The van der Waals surface area contributed by atoms with Crippen LogP contribution in [-0.2, 0) is 22.5 Å². The monoisotopic (exact) mass is 392 g/mol. The molecule has 0 aromatic carbocycles. The molecule has 0 saturated carbocycles. The van der Waals surface area contributed by atoms with Gasteiger partial charge in [0.1, 0.15) is 5.60 Å². The minimum Gasteiger partial charge on any atom is -0.444 e. The van der Waals surface area contributed by atoms with Crippen molar-refractivity contribution >= 4 is 12.0 Å². The van der Waals surface area contributed by atoms with E-state index in [1.165, 1.54) is 5.56 Å². The van der Waals surface area contributed by atoms with E-state index in [2.05, 4.69) is 30.6 Å². The van der Waals surface area contributed by atoms with Gasteiger partial charge in [0.2, 0.25) is 5.91 Å². The Labute approximate surface area is 169 Å². The summed E-state index contributed by atoms with van der Waals surface area (Å²) >= 11 is 0. The number of hydrogen-bond acceptors (Lipinski definition) is 4. The van der Waals surface area contributed by atoms with E-state index in [-0.39, 0.29) is 12.0 Å². The Hall–Kier alpha value is -2.05. The number of carbonyl (C=O) groups excluding carboxylic acids is 2. The molecule has 7 nitrogen and oxygen atoms in total. The molecule has 0 unspecified atom stereocenters. The number of aryl methyl sites for hydroxylation is 1. The summed E-state index contributed by atoms with van der Waals surface area (Å²) in [6, 6.07) is 0. The summed E-state index contributed by atoms with van der Waals surface area (Å²) in [6.07, 6.45) is 0.881. The van der Waals surface area contributed by atoms with Gasteiger partial charge in [-0.2, -0.15) is 5.10 Å². The van der Waals surface area contributed by atoms with Gasteiger partial charge in [-0.3, -0.25) is 9.48 Å². The molecule has 0 atom stereocenters. The van der Waals surface area contributed by atoms with Crippen molar-refractivity contribution in [2.24, 2.45) is 5.92 Å². The van der Waals surface area contributed by atoms with Crippen molar-refractivity contribution in [2.75, 3.05) is 26.2 Å². The topological polar surface area (TPSA) is 67.7 Å². The van der Waals surface area contributed by atoms with Gasteiger partial charge in [0.15, 0.2) is 0 Å². The van der Waals surface area contributed by atoms with Crippen LogP contribution in [0.1, 0.15) is 58.0 Å². The zero-order valence-electron chi connectivity index (χ0n) is 18.5. The molecule has 158 valence electrons. The molecule has 7 heteroatoms. The van der Waals surface area contributed by atoms with E-state index in [0.29, 0.717) is 44.9 Å². The molecule has 0 aliphatic carbocycles. The summed E-state index contributed by atoms with van der Waals surface area (Å²) in [7, 11) is 0. The molecular formula is C21H36N4O3. The standard InChI is InChI=1S/C21H36N4O3/c1-15(2)14-25-17(4)18(16(3)22-25)8-9-19(26)23-10-12-24(13-11-23)20(27)28-21(5,6)7/h15H,8-14H2,1-7H3. The summed E-state index contributed by atoms with van der Waals surface area (Å²) in [5, 5.41) is 4.63. The largest absolute Gasteiger partial charge is 0.444 e. The van der Waals surface area contributed by atoms with E-state index in [9.17, 15) is 9.59 Å². The van der Waals surface area contributed by atoms with Gasteiger partial charge in [0.25, 0.3) is 0 Å². The van der Waals surface area contributed by atoms with E-state index >= 15 is 0 Å². The van der Waals surface area contributed by atoms with E-state index in [0.717, 1.165) is 17.9 Å². The Morgan fingerprint density at radius 3 is 2.18 bits per heavy atom. The SMILES string of the molecule is Cc1nn(CC(C)C)c(C)c1CCC(=O)N1CCN(C(=O)OC(C)(C)C)CC1. The molecule has 0 spiro atoms. The van der Waals surface area contributed by atoms with Crippen LogP contribution in [-0.4, -0.2) is 63.4 Å². The van der Waals surface area contributed by atoms with E-state index in [4.69, 9.17) is 4.74 Å². The van der Waals surface area contributed by atoms with E-state index in [1.54, 1.807) is 4.90 Å². The van der Waals surface area contributed by atoms with Crippen molar-refractivity contribution in [1.82, 2.24) is 19.6 Å². The number of ether oxygens (including phenoxy) is 1. The number of carbonyl (C=O) groups is 2. The van der Waals surface area contributed by atoms with Crippen LogP contribution in [0.3, 0.4) is 0 Å². The van der Waals surface area contributed by atoms with Gasteiger partial charge in [-0.25, -0.2) is 4.79 Å². The average molecular weight is 393 g/mol. The van der Waals surface area contributed by atoms with Crippen LogP contribution in [0.5, 0.6) is 0 Å². The normalized spacial score (nSPS) is 15.3. The van der Waals surface area contributed by atoms with Gasteiger partial charge in [0, 0.05) is 44.8 Å². The highest BCUT2D eigenvalue weighted by atomic mass is 16.6. The first-order valence-corrected chi connectivity index (χ1v) is 10.3. The molecule has 2 rings (SSSR count). The van der Waals surface area contributed by atoms with Crippen LogP contribution >= 0.6 is 0 Å². The Morgan fingerprint density at radius 1 is 1.07 bits per heavy atom. The fourth-order valence-electron chi connectivity index (χ4n) is 3.47. The number of amides is 2. The second kappa shape index (κ2) is 8.97. The minimum absolute atomic E-state index is 0.138. The first-order valence-electron chi connectivity index (χ1n) is 10.3. The fourth-order valence-corrected chi connectivity index (χ4v) is 3.47. The van der Waals surface area contributed by atoms with Gasteiger partial charge >= 0.3 is 6.09 Å². The lowest BCUT2D eigenvalue weighted by atomic mass is 10.1. The first-order chi connectivity index (χ1) is 13.0. The van der Waals surface area contributed by atoms with Gasteiger partial charge in [0.05, 0.1) is 5.69 Å². The predicted molar refractivity (Wildman–Crippen MR) is 109 cm³/mol. The second-order valence-corrected chi connectivity index (χ2v) is 9.07. The summed E-state index contributed by atoms with van der Waals surface area (Å²) in [4.78, 5) is 28.3. The zero-order chi connectivity index (χ0) is 21.1. The van der Waals surface area contributed by atoms with Gasteiger partial charge in [-0.15, -0.1) is 0 Å². The molecule has 2 heterocycles. The zero-order valence-corrected chi connectivity index (χ0v) is 18.5. The molecule has 1 fully saturated rings. The van der Waals surface area contributed by atoms with Crippen molar-refractivity contribution in [3.63, 3.8) is 0 Å². The lowest BCUT2D eigenvalue weighted by molar-refractivity contribution is -0.132. The molecule has 1 aliphatic heterocycles. The number of piperazine rings is 1. The van der Waals surface area contributed by atoms with Crippen LogP contribution in [0.4, 0.5) is 4.79 Å². The highest BCUT2D eigenvalue weighted by Crippen LogP contribution is 2.18. The van der Waals surface area contributed by atoms with Crippen LogP contribution < -0.4 is 0 Å². The summed E-state index contributed by atoms with van der Waals surface area (Å²) < 4.78 is 7.46. The predicted octanol–water partition coefficient (Wildman–Crippen LogP) is 3.17. The Bertz CT molecular complexity index is 695. The number of rotatable bonds is 5. The Balaban J connectivity index is 1.85. The molecule has 1 aliphatic rings. The third kappa shape index (κ3) is 5.97. The summed E-state index contributed by atoms with van der Waals surface area (Å²) in [5.74, 6) is 0.674. The van der Waals surface area contributed by atoms with Crippen LogP contribution in [0.2, 0.25) is 0 Å². The molecule has 1 aromatic heterocycles.